The summed E-state index contributed by atoms with van der Waals surface area (Å²) >= 11 is 0. The minimum absolute atomic E-state index is 0.806. The van der Waals surface area contributed by atoms with Crippen LogP contribution in [0.4, 0.5) is 0 Å². The molecule has 8 atom stereocenters. The van der Waals surface area contributed by atoms with Gasteiger partial charge in [0.2, 0.25) is 0 Å². The first-order chi connectivity index (χ1) is 17.4. The molecule has 0 aromatic heterocycles. The van der Waals surface area contributed by atoms with Crippen molar-refractivity contribution >= 4 is 0 Å². The van der Waals surface area contributed by atoms with Gasteiger partial charge in [-0.3, -0.25) is 0 Å². The molecule has 0 aromatic rings. The molecule has 0 aliphatic carbocycles. The Bertz CT molecular complexity index is 458. The Morgan fingerprint density at radius 2 is 0.395 bits per heavy atom. The summed E-state index contributed by atoms with van der Waals surface area (Å²) in [5.74, 6) is 11.5. The van der Waals surface area contributed by atoms with Gasteiger partial charge in [-0.05, 0) is 134 Å². The number of hydrogen-bond acceptors (Lipinski definition) is 0. The Hall–Kier alpha value is 0. The lowest BCUT2D eigenvalue weighted by atomic mass is 9.60. The van der Waals surface area contributed by atoms with Crippen LogP contribution in [0.15, 0.2) is 0 Å². The van der Waals surface area contributed by atoms with Gasteiger partial charge in [-0.2, -0.15) is 0 Å². The molecule has 38 heavy (non-hydrogen) atoms. The third kappa shape index (κ3) is 16.3. The Balaban J connectivity index is 6.27. The summed E-state index contributed by atoms with van der Waals surface area (Å²) < 4.78 is 0. The second-order valence-corrected chi connectivity index (χ2v) is 16.9. The van der Waals surface area contributed by atoms with Gasteiger partial charge in [0.05, 0.1) is 0 Å². The molecule has 0 bridgehead atoms. The fraction of sp³-hybridized carbons (Fsp3) is 1.00. The van der Waals surface area contributed by atoms with E-state index < -0.39 is 0 Å². The standard InChI is InChI=1S/C38H78/c1-25(2)17-29(9)21-33(13)37(34(14)22-30(10)18-26(3)4)38(35(15)23-31(11)19-27(5)6)36(16)24-32(12)20-28(7)8/h25-38H,17-24H2,1-16H3. The molecule has 0 nitrogen and oxygen atoms in total. The SMILES string of the molecule is CC(C)CC(C)CC(C)C(C(C)CC(C)CC(C)C)C(C(C)CC(C)CC(C)C)C(C)CC(C)CC(C)C. The van der Waals surface area contributed by atoms with E-state index in [1.807, 2.05) is 0 Å². The van der Waals surface area contributed by atoms with Crippen LogP contribution in [-0.4, -0.2) is 0 Å². The second kappa shape index (κ2) is 19.2. The minimum Gasteiger partial charge on any atom is -0.0628 e. The van der Waals surface area contributed by atoms with Crippen molar-refractivity contribution in [1.29, 1.82) is 0 Å². The van der Waals surface area contributed by atoms with Crippen molar-refractivity contribution in [3.8, 4) is 0 Å². The van der Waals surface area contributed by atoms with Crippen molar-refractivity contribution in [2.24, 2.45) is 82.9 Å². The molecule has 0 radical (unpaired) electrons. The molecule has 0 aromatic carbocycles. The van der Waals surface area contributed by atoms with Crippen molar-refractivity contribution in [3.05, 3.63) is 0 Å². The van der Waals surface area contributed by atoms with Crippen LogP contribution in [0, 0.1) is 82.9 Å². The summed E-state index contributed by atoms with van der Waals surface area (Å²) in [6.45, 7) is 40.1. The zero-order valence-electron chi connectivity index (χ0n) is 29.7. The van der Waals surface area contributed by atoms with Gasteiger partial charge in [-0.1, -0.05) is 111 Å². The van der Waals surface area contributed by atoms with Crippen molar-refractivity contribution in [1.82, 2.24) is 0 Å². The fourth-order valence-electron chi connectivity index (χ4n) is 9.41. The third-order valence-corrected chi connectivity index (χ3v) is 9.66. The summed E-state index contributed by atoms with van der Waals surface area (Å²) in [5, 5.41) is 0. The number of hydrogen-bond donors (Lipinski definition) is 0. The van der Waals surface area contributed by atoms with E-state index in [-0.39, 0.29) is 0 Å². The largest absolute Gasteiger partial charge is 0.0628 e. The predicted octanol–water partition coefficient (Wildman–Crippen LogP) is 13.1. The Morgan fingerprint density at radius 3 is 0.526 bits per heavy atom. The highest BCUT2D eigenvalue weighted by atomic mass is 14.4. The van der Waals surface area contributed by atoms with Gasteiger partial charge >= 0.3 is 0 Å². The lowest BCUT2D eigenvalue weighted by Gasteiger charge is -2.45. The molecule has 0 amide bonds. The summed E-state index contributed by atoms with van der Waals surface area (Å²) in [6, 6.07) is 0. The van der Waals surface area contributed by atoms with Crippen molar-refractivity contribution in [2.75, 3.05) is 0 Å². The van der Waals surface area contributed by atoms with Crippen LogP contribution in [0.5, 0.6) is 0 Å². The monoisotopic (exact) mass is 535 g/mol. The molecule has 0 saturated heterocycles. The van der Waals surface area contributed by atoms with Gasteiger partial charge in [0.1, 0.15) is 0 Å². The zero-order chi connectivity index (χ0) is 29.7. The molecule has 0 aliphatic rings. The van der Waals surface area contributed by atoms with Crippen LogP contribution in [0.1, 0.15) is 162 Å². The van der Waals surface area contributed by atoms with Crippen LogP contribution >= 0.6 is 0 Å². The second-order valence-electron chi connectivity index (χ2n) is 16.9. The molecule has 0 heteroatoms. The van der Waals surface area contributed by atoms with E-state index in [9.17, 15) is 0 Å². The Labute approximate surface area is 244 Å². The van der Waals surface area contributed by atoms with Crippen LogP contribution in [0.3, 0.4) is 0 Å². The summed E-state index contributed by atoms with van der Waals surface area (Å²) in [7, 11) is 0. The molecule has 0 N–H and O–H groups in total. The van der Waals surface area contributed by atoms with Crippen LogP contribution in [0.25, 0.3) is 0 Å². The minimum atomic E-state index is 0.806. The average Bonchev–Trinajstić information content (AvgIpc) is 2.68. The molecular weight excluding hydrogens is 456 g/mol. The molecule has 0 heterocycles. The first-order valence-corrected chi connectivity index (χ1v) is 17.4. The first kappa shape index (κ1) is 38.0. The van der Waals surface area contributed by atoms with E-state index in [1.54, 1.807) is 0 Å². The lowest BCUT2D eigenvalue weighted by molar-refractivity contribution is 0.0363. The zero-order valence-corrected chi connectivity index (χ0v) is 29.7. The molecule has 230 valence electrons. The van der Waals surface area contributed by atoms with Gasteiger partial charge in [-0.15, -0.1) is 0 Å². The van der Waals surface area contributed by atoms with Gasteiger partial charge < -0.3 is 0 Å². The van der Waals surface area contributed by atoms with Crippen LogP contribution in [-0.2, 0) is 0 Å². The topological polar surface area (TPSA) is 0 Å². The molecule has 0 saturated carbocycles. The van der Waals surface area contributed by atoms with E-state index >= 15 is 0 Å². The third-order valence-electron chi connectivity index (χ3n) is 9.66. The summed E-state index contributed by atoms with van der Waals surface area (Å²) in [6.07, 6.45) is 11.1. The van der Waals surface area contributed by atoms with Crippen molar-refractivity contribution in [2.45, 2.75) is 162 Å². The fourth-order valence-corrected chi connectivity index (χ4v) is 9.41. The normalized spacial score (nSPS) is 20.8. The molecule has 8 unspecified atom stereocenters. The van der Waals surface area contributed by atoms with Gasteiger partial charge in [0.15, 0.2) is 0 Å². The van der Waals surface area contributed by atoms with Gasteiger partial charge in [0.25, 0.3) is 0 Å². The van der Waals surface area contributed by atoms with E-state index in [2.05, 4.69) is 111 Å². The summed E-state index contributed by atoms with van der Waals surface area (Å²) in [5.41, 5.74) is 0. The smallest absolute Gasteiger partial charge is 0.0329 e. The Kier molecular flexibility index (Phi) is 19.2. The van der Waals surface area contributed by atoms with Gasteiger partial charge in [0, 0.05) is 0 Å². The predicted molar refractivity (Wildman–Crippen MR) is 177 cm³/mol. The highest BCUT2D eigenvalue weighted by molar-refractivity contribution is 4.88. The van der Waals surface area contributed by atoms with Crippen LogP contribution < -0.4 is 0 Å². The van der Waals surface area contributed by atoms with E-state index in [4.69, 9.17) is 0 Å². The molecule has 0 fully saturated rings. The highest BCUT2D eigenvalue weighted by Crippen LogP contribution is 2.46. The van der Waals surface area contributed by atoms with E-state index in [0.29, 0.717) is 0 Å². The van der Waals surface area contributed by atoms with E-state index in [1.165, 1.54) is 51.4 Å². The maximum Gasteiger partial charge on any atom is -0.0329 e. The molecular formula is C38H78. The average molecular weight is 535 g/mol. The quantitative estimate of drug-likeness (QED) is 0.137. The lowest BCUT2D eigenvalue weighted by Crippen LogP contribution is -2.38. The molecule has 0 spiro atoms. The molecule has 0 aliphatic heterocycles. The maximum atomic E-state index is 2.66. The maximum absolute atomic E-state index is 2.66. The first-order valence-electron chi connectivity index (χ1n) is 17.4. The van der Waals surface area contributed by atoms with E-state index in [0.717, 1.165) is 82.9 Å². The highest BCUT2D eigenvalue weighted by Gasteiger charge is 2.39. The van der Waals surface area contributed by atoms with Gasteiger partial charge in [-0.25, -0.2) is 0 Å². The van der Waals surface area contributed by atoms with Crippen molar-refractivity contribution < 1.29 is 0 Å². The van der Waals surface area contributed by atoms with Crippen LogP contribution in [0.2, 0.25) is 0 Å². The van der Waals surface area contributed by atoms with Crippen molar-refractivity contribution in [3.63, 3.8) is 0 Å². The Morgan fingerprint density at radius 1 is 0.237 bits per heavy atom. The number of rotatable bonds is 21. The molecule has 0 rings (SSSR count). The summed E-state index contributed by atoms with van der Waals surface area (Å²) in [4.78, 5) is 0.